The number of piperidine rings is 1. The van der Waals surface area contributed by atoms with E-state index in [-0.39, 0.29) is 5.41 Å². The van der Waals surface area contributed by atoms with E-state index in [9.17, 15) is 0 Å². The van der Waals surface area contributed by atoms with Gasteiger partial charge in [-0.15, -0.1) is 0 Å². The van der Waals surface area contributed by atoms with Crippen LogP contribution in [0.3, 0.4) is 0 Å². The molecule has 2 heterocycles. The third-order valence-corrected chi connectivity index (χ3v) is 4.41. The molecule has 112 valence electrons. The first kappa shape index (κ1) is 14.3. The zero-order valence-corrected chi connectivity index (χ0v) is 12.6. The van der Waals surface area contributed by atoms with E-state index in [0.717, 1.165) is 56.9 Å². The van der Waals surface area contributed by atoms with Gasteiger partial charge >= 0.3 is 0 Å². The minimum absolute atomic E-state index is 0.121. The van der Waals surface area contributed by atoms with Crippen LogP contribution in [0.1, 0.15) is 49.9 Å². The summed E-state index contributed by atoms with van der Waals surface area (Å²) >= 11 is 0. The Bertz CT molecular complexity index is 558. The number of hydrogen-bond acceptors (Lipinski definition) is 4. The molecule has 1 aliphatic rings. The van der Waals surface area contributed by atoms with Gasteiger partial charge in [-0.3, -0.25) is 0 Å². The molecule has 0 bridgehead atoms. The van der Waals surface area contributed by atoms with Gasteiger partial charge in [-0.1, -0.05) is 48.8 Å². The summed E-state index contributed by atoms with van der Waals surface area (Å²) in [6.07, 6.45) is 5.18. The van der Waals surface area contributed by atoms with Crippen molar-refractivity contribution >= 4 is 0 Å². The molecule has 0 saturated carbocycles. The molecule has 1 aliphatic heterocycles. The minimum atomic E-state index is -0.121. The van der Waals surface area contributed by atoms with Gasteiger partial charge in [0.2, 0.25) is 5.89 Å². The average Bonchev–Trinajstić information content (AvgIpc) is 3.04. The maximum absolute atomic E-state index is 5.67. The van der Waals surface area contributed by atoms with Crippen molar-refractivity contribution in [1.29, 1.82) is 0 Å². The predicted octanol–water partition coefficient (Wildman–Crippen LogP) is 3.08. The molecule has 4 heteroatoms. The Kier molecular flexibility index (Phi) is 4.34. The van der Waals surface area contributed by atoms with Crippen molar-refractivity contribution in [3.63, 3.8) is 0 Å². The van der Waals surface area contributed by atoms with Crippen molar-refractivity contribution in [2.75, 3.05) is 13.1 Å². The smallest absolute Gasteiger partial charge is 0.237 e. The lowest BCUT2D eigenvalue weighted by atomic mass is 9.73. The molecule has 1 aromatic carbocycles. The Morgan fingerprint density at radius 3 is 2.67 bits per heavy atom. The van der Waals surface area contributed by atoms with Crippen LogP contribution in [-0.4, -0.2) is 23.2 Å². The maximum atomic E-state index is 5.67. The molecule has 0 atom stereocenters. The molecule has 21 heavy (non-hydrogen) atoms. The van der Waals surface area contributed by atoms with E-state index < -0.39 is 0 Å². The fraction of sp³-hybridized carbons (Fsp3) is 0.529. The Morgan fingerprint density at radius 2 is 1.95 bits per heavy atom. The number of unbranched alkanes of at least 4 members (excludes halogenated alkanes) is 1. The van der Waals surface area contributed by atoms with Crippen molar-refractivity contribution in [3.05, 3.63) is 47.6 Å². The van der Waals surface area contributed by atoms with Crippen LogP contribution >= 0.6 is 0 Å². The van der Waals surface area contributed by atoms with Gasteiger partial charge in [0.15, 0.2) is 5.82 Å². The van der Waals surface area contributed by atoms with E-state index in [1.807, 2.05) is 0 Å². The first-order valence-corrected chi connectivity index (χ1v) is 7.94. The van der Waals surface area contributed by atoms with Crippen LogP contribution in [0.15, 0.2) is 34.9 Å². The normalized spacial score (nSPS) is 17.8. The van der Waals surface area contributed by atoms with Crippen molar-refractivity contribution in [1.82, 2.24) is 15.5 Å². The summed E-state index contributed by atoms with van der Waals surface area (Å²) in [6.45, 7) is 4.16. The Hall–Kier alpha value is -1.68. The molecule has 0 radical (unpaired) electrons. The number of rotatable bonds is 5. The lowest BCUT2D eigenvalue weighted by Crippen LogP contribution is -2.41. The van der Waals surface area contributed by atoms with E-state index in [2.05, 4.69) is 47.7 Å². The first-order valence-electron chi connectivity index (χ1n) is 7.94. The Labute approximate surface area is 126 Å². The molecule has 0 aliphatic carbocycles. The average molecular weight is 285 g/mol. The van der Waals surface area contributed by atoms with Crippen molar-refractivity contribution in [2.24, 2.45) is 0 Å². The highest BCUT2D eigenvalue weighted by Gasteiger charge is 2.40. The number of benzene rings is 1. The molecule has 0 amide bonds. The third-order valence-electron chi connectivity index (χ3n) is 4.41. The number of aryl methyl sites for hydroxylation is 1. The van der Waals surface area contributed by atoms with Crippen molar-refractivity contribution in [2.45, 2.75) is 44.4 Å². The topological polar surface area (TPSA) is 51.0 Å². The number of aromatic nitrogens is 2. The fourth-order valence-electron chi connectivity index (χ4n) is 3.12. The number of hydrogen-bond donors (Lipinski definition) is 1. The molecule has 3 rings (SSSR count). The molecule has 1 fully saturated rings. The predicted molar refractivity (Wildman–Crippen MR) is 82.2 cm³/mol. The second-order valence-corrected chi connectivity index (χ2v) is 5.82. The SMILES string of the molecule is CCCCc1noc(C2(c3ccccc3)CCNCC2)n1. The fourth-order valence-corrected chi connectivity index (χ4v) is 3.12. The van der Waals surface area contributed by atoms with Crippen LogP contribution in [0.25, 0.3) is 0 Å². The summed E-state index contributed by atoms with van der Waals surface area (Å²) in [5.74, 6) is 1.64. The van der Waals surface area contributed by atoms with E-state index in [0.29, 0.717) is 0 Å². The molecule has 4 nitrogen and oxygen atoms in total. The molecule has 0 unspecified atom stereocenters. The van der Waals surface area contributed by atoms with Crippen LogP contribution in [0.5, 0.6) is 0 Å². The standard InChI is InChI=1S/C17H23N3O/c1-2-3-9-15-19-16(21-20-15)17(10-12-18-13-11-17)14-7-5-4-6-8-14/h4-8,18H,2-3,9-13H2,1H3. The van der Waals surface area contributed by atoms with E-state index in [1.165, 1.54) is 5.56 Å². The number of nitrogens with zero attached hydrogens (tertiary/aromatic N) is 2. The van der Waals surface area contributed by atoms with E-state index in [1.54, 1.807) is 0 Å². The highest BCUT2D eigenvalue weighted by molar-refractivity contribution is 5.32. The van der Waals surface area contributed by atoms with Gasteiger partial charge in [0.25, 0.3) is 0 Å². The highest BCUT2D eigenvalue weighted by atomic mass is 16.5. The Balaban J connectivity index is 1.94. The monoisotopic (exact) mass is 285 g/mol. The van der Waals surface area contributed by atoms with Crippen LogP contribution in [0.4, 0.5) is 0 Å². The lowest BCUT2D eigenvalue weighted by Gasteiger charge is -2.34. The van der Waals surface area contributed by atoms with Gasteiger partial charge < -0.3 is 9.84 Å². The Morgan fingerprint density at radius 1 is 1.19 bits per heavy atom. The lowest BCUT2D eigenvalue weighted by molar-refractivity contribution is 0.259. The molecule has 0 spiro atoms. The molecular formula is C17H23N3O. The van der Waals surface area contributed by atoms with Gasteiger partial charge in [-0.05, 0) is 37.9 Å². The summed E-state index contributed by atoms with van der Waals surface area (Å²) in [4.78, 5) is 4.71. The second kappa shape index (κ2) is 6.39. The molecule has 1 saturated heterocycles. The summed E-state index contributed by atoms with van der Waals surface area (Å²) in [6, 6.07) is 10.6. The van der Waals surface area contributed by atoms with E-state index in [4.69, 9.17) is 9.51 Å². The van der Waals surface area contributed by atoms with Crippen LogP contribution < -0.4 is 5.32 Å². The number of nitrogens with one attached hydrogen (secondary N) is 1. The third kappa shape index (κ3) is 2.86. The van der Waals surface area contributed by atoms with Gasteiger partial charge in [0.1, 0.15) is 0 Å². The zero-order chi connectivity index (χ0) is 14.5. The summed E-state index contributed by atoms with van der Waals surface area (Å²) in [5, 5.41) is 7.62. The van der Waals surface area contributed by atoms with Gasteiger partial charge in [-0.25, -0.2) is 0 Å². The van der Waals surface area contributed by atoms with Crippen LogP contribution in [-0.2, 0) is 11.8 Å². The van der Waals surface area contributed by atoms with Crippen molar-refractivity contribution in [3.8, 4) is 0 Å². The molecule has 1 N–H and O–H groups in total. The summed E-state index contributed by atoms with van der Waals surface area (Å²) < 4.78 is 5.67. The molecule has 2 aromatic rings. The summed E-state index contributed by atoms with van der Waals surface area (Å²) in [5.41, 5.74) is 1.17. The minimum Gasteiger partial charge on any atom is -0.338 e. The zero-order valence-electron chi connectivity index (χ0n) is 12.6. The first-order chi connectivity index (χ1) is 10.3. The molecular weight excluding hydrogens is 262 g/mol. The van der Waals surface area contributed by atoms with Gasteiger partial charge in [-0.2, -0.15) is 4.98 Å². The molecule has 1 aromatic heterocycles. The highest BCUT2D eigenvalue weighted by Crippen LogP contribution is 2.39. The summed E-state index contributed by atoms with van der Waals surface area (Å²) in [7, 11) is 0. The van der Waals surface area contributed by atoms with Crippen molar-refractivity contribution < 1.29 is 4.52 Å². The van der Waals surface area contributed by atoms with Gasteiger partial charge in [0, 0.05) is 6.42 Å². The van der Waals surface area contributed by atoms with Crippen LogP contribution in [0, 0.1) is 0 Å². The maximum Gasteiger partial charge on any atom is 0.237 e. The largest absolute Gasteiger partial charge is 0.338 e. The van der Waals surface area contributed by atoms with Gasteiger partial charge in [0.05, 0.1) is 5.41 Å². The quantitative estimate of drug-likeness (QED) is 0.917. The van der Waals surface area contributed by atoms with E-state index >= 15 is 0 Å². The second-order valence-electron chi connectivity index (χ2n) is 5.82. The van der Waals surface area contributed by atoms with Crippen LogP contribution in [0.2, 0.25) is 0 Å².